The molecule has 0 fully saturated rings. The monoisotopic (exact) mass is 402 g/mol. The molecular weight excluding hydrogens is 372 g/mol. The Bertz CT molecular complexity index is 821. The summed E-state index contributed by atoms with van der Waals surface area (Å²) in [5.74, 6) is 2.01. The van der Waals surface area contributed by atoms with Crippen molar-refractivity contribution < 1.29 is 14.1 Å². The van der Waals surface area contributed by atoms with E-state index in [-0.39, 0.29) is 30.6 Å². The lowest BCUT2D eigenvalue weighted by atomic mass is 10.1. The van der Waals surface area contributed by atoms with Crippen LogP contribution in [0.2, 0.25) is 0 Å². The second-order valence-corrected chi connectivity index (χ2v) is 7.87. The van der Waals surface area contributed by atoms with E-state index in [4.69, 9.17) is 9.26 Å². The summed E-state index contributed by atoms with van der Waals surface area (Å²) >= 11 is 0. The molecule has 1 aromatic heterocycles. The highest BCUT2D eigenvalue weighted by molar-refractivity contribution is 5.95. The first-order chi connectivity index (χ1) is 13.6. The van der Waals surface area contributed by atoms with Crippen molar-refractivity contribution in [2.45, 2.75) is 59.7 Å². The zero-order chi connectivity index (χ0) is 21.4. The van der Waals surface area contributed by atoms with Crippen molar-refractivity contribution >= 4 is 17.6 Å². The van der Waals surface area contributed by atoms with Crippen molar-refractivity contribution in [3.63, 3.8) is 0 Å². The van der Waals surface area contributed by atoms with Crippen LogP contribution in [0.3, 0.4) is 0 Å². The van der Waals surface area contributed by atoms with Gasteiger partial charge < -0.3 is 25.2 Å². The predicted octanol–water partition coefficient (Wildman–Crippen LogP) is 2.64. The molecule has 1 amide bonds. The fourth-order valence-electron chi connectivity index (χ4n) is 2.35. The summed E-state index contributed by atoms with van der Waals surface area (Å²) in [6.45, 7) is 11.7. The van der Waals surface area contributed by atoms with Gasteiger partial charge in [-0.2, -0.15) is 4.98 Å². The normalized spacial score (nSPS) is 12.0. The zero-order valence-corrected chi connectivity index (χ0v) is 17.9. The maximum absolute atomic E-state index is 12.1. The fraction of sp³-hybridized carbons (Fsp3) is 0.500. The van der Waals surface area contributed by atoms with Crippen molar-refractivity contribution in [2.24, 2.45) is 4.99 Å². The van der Waals surface area contributed by atoms with E-state index in [1.165, 1.54) is 0 Å². The smallest absolute Gasteiger partial charge is 0.246 e. The molecule has 0 aliphatic carbocycles. The van der Waals surface area contributed by atoms with Gasteiger partial charge in [-0.3, -0.25) is 4.79 Å². The van der Waals surface area contributed by atoms with E-state index in [1.807, 2.05) is 58.9 Å². The Morgan fingerprint density at radius 3 is 2.48 bits per heavy atom. The minimum Gasteiger partial charge on any atom is -0.491 e. The van der Waals surface area contributed by atoms with E-state index in [1.54, 1.807) is 6.92 Å². The number of amides is 1. The number of hydrogen-bond acceptors (Lipinski definition) is 6. The van der Waals surface area contributed by atoms with Gasteiger partial charge in [-0.1, -0.05) is 5.16 Å². The van der Waals surface area contributed by atoms with Gasteiger partial charge in [-0.15, -0.1) is 0 Å². The second-order valence-electron chi connectivity index (χ2n) is 7.87. The van der Waals surface area contributed by atoms with E-state index >= 15 is 0 Å². The van der Waals surface area contributed by atoms with Crippen LogP contribution in [0.15, 0.2) is 33.8 Å². The zero-order valence-electron chi connectivity index (χ0n) is 17.9. The molecule has 0 saturated heterocycles. The molecule has 3 N–H and O–H groups in total. The first-order valence-electron chi connectivity index (χ1n) is 9.53. The molecule has 0 saturated carbocycles. The molecule has 29 heavy (non-hydrogen) atoms. The number of nitrogens with one attached hydrogen (secondary N) is 3. The lowest BCUT2D eigenvalue weighted by Crippen LogP contribution is -2.42. The summed E-state index contributed by atoms with van der Waals surface area (Å²) in [5.41, 5.74) is 0.478. The molecule has 2 aromatic rings. The van der Waals surface area contributed by atoms with Gasteiger partial charge in [0, 0.05) is 11.2 Å². The van der Waals surface area contributed by atoms with Crippen LogP contribution in [0.5, 0.6) is 5.75 Å². The fourth-order valence-corrected chi connectivity index (χ4v) is 2.35. The van der Waals surface area contributed by atoms with Crippen molar-refractivity contribution in [3.8, 4) is 5.75 Å². The molecule has 1 aromatic carbocycles. The standard InChI is InChI=1S/C20H30N6O3/c1-13(2)28-16-9-7-15(8-10-16)24-19(21-11-17(27)25-20(4,5)6)22-12-18-23-14(3)26-29-18/h7-10,13H,11-12H2,1-6H3,(H,25,27)(H2,21,22,24). The molecule has 9 heteroatoms. The lowest BCUT2D eigenvalue weighted by molar-refractivity contribution is -0.121. The summed E-state index contributed by atoms with van der Waals surface area (Å²) < 4.78 is 10.8. The number of guanidine groups is 1. The molecule has 0 aliphatic rings. The van der Waals surface area contributed by atoms with Gasteiger partial charge in [0.25, 0.3) is 0 Å². The van der Waals surface area contributed by atoms with Gasteiger partial charge in [0.2, 0.25) is 11.8 Å². The summed E-state index contributed by atoms with van der Waals surface area (Å²) in [4.78, 5) is 20.6. The highest BCUT2D eigenvalue weighted by atomic mass is 16.5. The van der Waals surface area contributed by atoms with Crippen LogP contribution in [0.1, 0.15) is 46.3 Å². The molecule has 0 unspecified atom stereocenters. The van der Waals surface area contributed by atoms with Crippen LogP contribution in [0.25, 0.3) is 0 Å². The number of carbonyl (C=O) groups excluding carboxylic acids is 1. The number of aliphatic imine (C=N–C) groups is 1. The van der Waals surface area contributed by atoms with Gasteiger partial charge in [-0.25, -0.2) is 4.99 Å². The van der Waals surface area contributed by atoms with E-state index in [2.05, 4.69) is 31.1 Å². The lowest BCUT2D eigenvalue weighted by Gasteiger charge is -2.20. The van der Waals surface area contributed by atoms with Crippen molar-refractivity contribution in [1.29, 1.82) is 0 Å². The van der Waals surface area contributed by atoms with Crippen LogP contribution in [-0.4, -0.2) is 40.2 Å². The Hall–Kier alpha value is -3.10. The number of hydrogen-bond donors (Lipinski definition) is 3. The number of anilines is 1. The third-order valence-corrected chi connectivity index (χ3v) is 3.36. The van der Waals surface area contributed by atoms with Crippen molar-refractivity contribution in [1.82, 2.24) is 20.8 Å². The van der Waals surface area contributed by atoms with Gasteiger partial charge in [-0.05, 0) is 65.8 Å². The number of carbonyl (C=O) groups is 1. The molecule has 0 bridgehead atoms. The molecule has 0 atom stereocenters. The number of ether oxygens (including phenoxy) is 1. The number of rotatable bonds is 7. The summed E-state index contributed by atoms with van der Waals surface area (Å²) in [6.07, 6.45) is 0.104. The first kappa shape index (κ1) is 22.2. The first-order valence-corrected chi connectivity index (χ1v) is 9.53. The van der Waals surface area contributed by atoms with Crippen molar-refractivity contribution in [3.05, 3.63) is 36.0 Å². The summed E-state index contributed by atoms with van der Waals surface area (Å²) in [7, 11) is 0. The van der Waals surface area contributed by atoms with Crippen molar-refractivity contribution in [2.75, 3.05) is 11.9 Å². The molecule has 0 aliphatic heterocycles. The Labute approximate surface area is 171 Å². The number of aryl methyl sites for hydroxylation is 1. The Balaban J connectivity index is 2.06. The summed E-state index contributed by atoms with van der Waals surface area (Å²) in [5, 5.41) is 12.9. The SMILES string of the molecule is Cc1noc(CNC(=NCC(=O)NC(C)(C)C)Nc2ccc(OC(C)C)cc2)n1. The molecule has 158 valence electrons. The maximum Gasteiger partial charge on any atom is 0.246 e. The van der Waals surface area contributed by atoms with Gasteiger partial charge in [0.05, 0.1) is 12.6 Å². The van der Waals surface area contributed by atoms with Gasteiger partial charge in [0.1, 0.15) is 12.3 Å². The molecule has 9 nitrogen and oxygen atoms in total. The average Bonchev–Trinajstić information content (AvgIpc) is 3.02. The largest absolute Gasteiger partial charge is 0.491 e. The minimum atomic E-state index is -0.318. The van der Waals surface area contributed by atoms with E-state index in [0.29, 0.717) is 17.7 Å². The highest BCUT2D eigenvalue weighted by Gasteiger charge is 2.13. The number of nitrogens with zero attached hydrogens (tertiary/aromatic N) is 3. The predicted molar refractivity (Wildman–Crippen MR) is 112 cm³/mol. The van der Waals surface area contributed by atoms with Crippen LogP contribution < -0.4 is 20.7 Å². The van der Waals surface area contributed by atoms with Gasteiger partial charge >= 0.3 is 0 Å². The van der Waals surface area contributed by atoms with E-state index in [0.717, 1.165) is 11.4 Å². The number of benzene rings is 1. The summed E-state index contributed by atoms with van der Waals surface area (Å²) in [6, 6.07) is 7.49. The molecule has 1 heterocycles. The Kier molecular flexibility index (Phi) is 7.58. The minimum absolute atomic E-state index is 0.0238. The van der Waals surface area contributed by atoms with Gasteiger partial charge in [0.15, 0.2) is 11.8 Å². The number of aromatic nitrogens is 2. The maximum atomic E-state index is 12.1. The second kappa shape index (κ2) is 9.90. The van der Waals surface area contributed by atoms with Crippen LogP contribution >= 0.6 is 0 Å². The Morgan fingerprint density at radius 1 is 1.24 bits per heavy atom. The molecular formula is C20H30N6O3. The molecule has 0 spiro atoms. The van der Waals surface area contributed by atoms with Crippen LogP contribution in [0.4, 0.5) is 5.69 Å². The topological polar surface area (TPSA) is 114 Å². The third kappa shape index (κ3) is 8.63. The highest BCUT2D eigenvalue weighted by Crippen LogP contribution is 2.16. The van der Waals surface area contributed by atoms with E-state index in [9.17, 15) is 4.79 Å². The molecule has 2 rings (SSSR count). The van der Waals surface area contributed by atoms with E-state index < -0.39 is 0 Å². The quantitative estimate of drug-likeness (QED) is 0.482. The third-order valence-electron chi connectivity index (χ3n) is 3.36. The average molecular weight is 402 g/mol. The van der Waals surface area contributed by atoms with Crippen LogP contribution in [-0.2, 0) is 11.3 Å². The Morgan fingerprint density at radius 2 is 1.93 bits per heavy atom. The van der Waals surface area contributed by atoms with Crippen LogP contribution in [0, 0.1) is 6.92 Å². The molecule has 0 radical (unpaired) electrons.